The van der Waals surface area contributed by atoms with Gasteiger partial charge in [-0.1, -0.05) is 12.1 Å². The lowest BCUT2D eigenvalue weighted by Gasteiger charge is -2.11. The zero-order valence-corrected chi connectivity index (χ0v) is 8.39. The Morgan fingerprint density at radius 3 is 2.53 bits per heavy atom. The number of hydrogen-bond acceptors (Lipinski definition) is 2. The zero-order valence-electron chi connectivity index (χ0n) is 8.39. The number of methoxy groups -OCH3 is 1. The number of hydrogen-bond donors (Lipinski definition) is 1. The molecule has 2 nitrogen and oxygen atoms in total. The van der Waals surface area contributed by atoms with Gasteiger partial charge in [-0.3, -0.25) is 0 Å². The second kappa shape index (κ2) is 3.54. The molecule has 1 aromatic rings. The molecule has 0 aromatic heterocycles. The molecule has 1 aromatic carbocycles. The number of rotatable bonds is 3. The van der Waals surface area contributed by atoms with Crippen LogP contribution in [0.2, 0.25) is 0 Å². The van der Waals surface area contributed by atoms with Crippen molar-refractivity contribution in [1.82, 2.24) is 0 Å². The third-order valence-corrected chi connectivity index (χ3v) is 2.69. The highest BCUT2D eigenvalue weighted by Gasteiger charge is 2.44. The minimum absolute atomic E-state index is 0.0292. The Balaban J connectivity index is 2.40. The summed E-state index contributed by atoms with van der Waals surface area (Å²) in [6.07, 6.45) is 0.986. The molecule has 1 fully saturated rings. The summed E-state index contributed by atoms with van der Waals surface area (Å²) in [4.78, 5) is 0. The number of benzene rings is 1. The lowest BCUT2D eigenvalue weighted by molar-refractivity contribution is 0.144. The maximum Gasteiger partial charge on any atom is 0.165 e. The van der Waals surface area contributed by atoms with Gasteiger partial charge in [-0.15, -0.1) is 0 Å². The van der Waals surface area contributed by atoms with Gasteiger partial charge in [0.05, 0.1) is 12.2 Å². The van der Waals surface area contributed by atoms with Gasteiger partial charge in [-0.05, 0) is 12.8 Å². The molecule has 0 aliphatic heterocycles. The first-order valence-electron chi connectivity index (χ1n) is 4.77. The van der Waals surface area contributed by atoms with Crippen LogP contribution in [0.1, 0.15) is 24.0 Å². The molecular formula is C11H12F2O2. The predicted octanol–water partition coefficient (Wildman–Crippen LogP) is 2.09. The molecule has 4 heteroatoms. The van der Waals surface area contributed by atoms with Crippen molar-refractivity contribution in [2.75, 3.05) is 7.11 Å². The van der Waals surface area contributed by atoms with Crippen molar-refractivity contribution in [1.29, 1.82) is 0 Å². The molecular weight excluding hydrogens is 202 g/mol. The van der Waals surface area contributed by atoms with Crippen LogP contribution in [-0.4, -0.2) is 12.2 Å². The van der Waals surface area contributed by atoms with Crippen LogP contribution in [0.25, 0.3) is 0 Å². The minimum Gasteiger partial charge on any atom is -0.385 e. The normalized spacial score (nSPS) is 17.9. The second-order valence-corrected chi connectivity index (χ2v) is 3.86. The lowest BCUT2D eigenvalue weighted by Crippen LogP contribution is -2.10. The van der Waals surface area contributed by atoms with E-state index in [1.807, 2.05) is 0 Å². The average Bonchev–Trinajstić information content (AvgIpc) is 2.93. The largest absolute Gasteiger partial charge is 0.385 e. The topological polar surface area (TPSA) is 29.5 Å². The highest BCUT2D eigenvalue weighted by Crippen LogP contribution is 2.46. The molecule has 82 valence electrons. The van der Waals surface area contributed by atoms with E-state index in [0.717, 1.165) is 0 Å². The van der Waals surface area contributed by atoms with Crippen LogP contribution >= 0.6 is 0 Å². The molecule has 0 heterocycles. The Morgan fingerprint density at radius 2 is 2.00 bits per heavy atom. The second-order valence-electron chi connectivity index (χ2n) is 3.86. The summed E-state index contributed by atoms with van der Waals surface area (Å²) in [5, 5.41) is 9.69. The van der Waals surface area contributed by atoms with Gasteiger partial charge >= 0.3 is 0 Å². The highest BCUT2D eigenvalue weighted by molar-refractivity contribution is 5.33. The van der Waals surface area contributed by atoms with E-state index < -0.39 is 17.2 Å². The maximum absolute atomic E-state index is 13.5. The van der Waals surface area contributed by atoms with Gasteiger partial charge in [-0.2, -0.15) is 0 Å². The average molecular weight is 214 g/mol. The van der Waals surface area contributed by atoms with E-state index >= 15 is 0 Å². The first-order valence-corrected chi connectivity index (χ1v) is 4.77. The predicted molar refractivity (Wildman–Crippen MR) is 50.2 cm³/mol. The molecule has 0 atom stereocenters. The molecule has 0 radical (unpaired) electrons. The van der Waals surface area contributed by atoms with E-state index in [0.29, 0.717) is 12.8 Å². The first-order chi connectivity index (χ1) is 7.08. The minimum atomic E-state index is -1.14. The number of halogens is 2. The van der Waals surface area contributed by atoms with Crippen LogP contribution in [0.4, 0.5) is 8.78 Å². The van der Waals surface area contributed by atoms with E-state index in [4.69, 9.17) is 4.74 Å². The van der Waals surface area contributed by atoms with Gasteiger partial charge in [0.25, 0.3) is 0 Å². The Morgan fingerprint density at radius 1 is 1.33 bits per heavy atom. The van der Waals surface area contributed by atoms with Gasteiger partial charge in [-0.25, -0.2) is 8.78 Å². The fourth-order valence-electron chi connectivity index (χ4n) is 1.60. The third kappa shape index (κ3) is 1.75. The molecule has 1 saturated carbocycles. The summed E-state index contributed by atoms with van der Waals surface area (Å²) in [6, 6.07) is 2.88. The summed E-state index contributed by atoms with van der Waals surface area (Å²) < 4.78 is 31.7. The zero-order chi connectivity index (χ0) is 11.1. The molecule has 0 spiro atoms. The molecule has 2 rings (SSSR count). The molecule has 0 unspecified atom stereocenters. The van der Waals surface area contributed by atoms with Crippen molar-refractivity contribution in [3.05, 3.63) is 34.9 Å². The third-order valence-electron chi connectivity index (χ3n) is 2.69. The number of ether oxygens (including phenoxy) is 1. The molecule has 0 bridgehead atoms. The Labute approximate surface area is 86.5 Å². The molecule has 1 aliphatic rings. The van der Waals surface area contributed by atoms with Gasteiger partial charge < -0.3 is 9.84 Å². The van der Waals surface area contributed by atoms with Gasteiger partial charge in [0, 0.05) is 18.2 Å². The van der Waals surface area contributed by atoms with E-state index in [2.05, 4.69) is 0 Å². The van der Waals surface area contributed by atoms with Crippen molar-refractivity contribution in [2.24, 2.45) is 0 Å². The summed E-state index contributed by atoms with van der Waals surface area (Å²) in [7, 11) is 1.42. The molecule has 0 amide bonds. The van der Waals surface area contributed by atoms with E-state index in [9.17, 15) is 13.9 Å². The molecule has 1 aliphatic carbocycles. The standard InChI is InChI=1S/C11H12F2O2/c1-15-6-7-2-3-8(10(13)9(7)12)11(14)4-5-11/h2-3,14H,4-6H2,1H3. The van der Waals surface area contributed by atoms with Crippen molar-refractivity contribution in [2.45, 2.75) is 25.0 Å². The van der Waals surface area contributed by atoms with Gasteiger partial charge in [0.1, 0.15) is 0 Å². The van der Waals surface area contributed by atoms with Crippen molar-refractivity contribution in [3.8, 4) is 0 Å². The maximum atomic E-state index is 13.5. The quantitative estimate of drug-likeness (QED) is 0.834. The monoisotopic (exact) mass is 214 g/mol. The van der Waals surface area contributed by atoms with E-state index in [-0.39, 0.29) is 17.7 Å². The first kappa shape index (κ1) is 10.5. The number of aliphatic hydroxyl groups is 1. The van der Waals surface area contributed by atoms with E-state index in [1.165, 1.54) is 19.2 Å². The Hall–Kier alpha value is -1.00. The van der Waals surface area contributed by atoms with E-state index in [1.54, 1.807) is 0 Å². The summed E-state index contributed by atoms with van der Waals surface area (Å²) >= 11 is 0. The summed E-state index contributed by atoms with van der Waals surface area (Å²) in [6.45, 7) is 0.0292. The highest BCUT2D eigenvalue weighted by atomic mass is 19.2. The van der Waals surface area contributed by atoms with Crippen LogP contribution < -0.4 is 0 Å². The van der Waals surface area contributed by atoms with Crippen molar-refractivity contribution in [3.63, 3.8) is 0 Å². The Bertz CT molecular complexity index is 386. The van der Waals surface area contributed by atoms with Crippen LogP contribution in [-0.2, 0) is 16.9 Å². The summed E-state index contributed by atoms with van der Waals surface area (Å²) in [5.41, 5.74) is -0.917. The lowest BCUT2D eigenvalue weighted by atomic mass is 10.0. The van der Waals surface area contributed by atoms with Crippen molar-refractivity contribution >= 4 is 0 Å². The van der Waals surface area contributed by atoms with Crippen LogP contribution in [0.3, 0.4) is 0 Å². The Kier molecular flexibility index (Phi) is 2.48. The van der Waals surface area contributed by atoms with Crippen LogP contribution in [0, 0.1) is 11.6 Å². The smallest absolute Gasteiger partial charge is 0.165 e. The van der Waals surface area contributed by atoms with Gasteiger partial charge in [0.15, 0.2) is 11.6 Å². The molecule has 1 N–H and O–H groups in total. The van der Waals surface area contributed by atoms with Crippen molar-refractivity contribution < 1.29 is 18.6 Å². The summed E-state index contributed by atoms with van der Waals surface area (Å²) in [5.74, 6) is -1.88. The molecule has 0 saturated heterocycles. The SMILES string of the molecule is COCc1ccc(C2(O)CC2)c(F)c1F. The fourth-order valence-corrected chi connectivity index (χ4v) is 1.60. The van der Waals surface area contributed by atoms with Crippen LogP contribution in [0.15, 0.2) is 12.1 Å². The van der Waals surface area contributed by atoms with Crippen LogP contribution in [0.5, 0.6) is 0 Å². The van der Waals surface area contributed by atoms with Gasteiger partial charge in [0.2, 0.25) is 0 Å². The molecule has 15 heavy (non-hydrogen) atoms. The fraction of sp³-hybridized carbons (Fsp3) is 0.455.